The van der Waals surface area contributed by atoms with Crippen LogP contribution in [0.4, 0.5) is 0 Å². The quantitative estimate of drug-likeness (QED) is 0.760. The molecule has 0 aliphatic carbocycles. The second-order valence-electron chi connectivity index (χ2n) is 5.92. The number of methoxy groups -OCH3 is 1. The number of rotatable bonds is 6. The fourth-order valence-electron chi connectivity index (χ4n) is 2.75. The lowest BCUT2D eigenvalue weighted by atomic mass is 10.0. The molecule has 1 aliphatic rings. The normalized spacial score (nSPS) is 16.7. The summed E-state index contributed by atoms with van der Waals surface area (Å²) in [5, 5.41) is 0.109. The summed E-state index contributed by atoms with van der Waals surface area (Å²) < 4.78 is 35.2. The fourth-order valence-corrected chi connectivity index (χ4v) is 4.31. The Kier molecular flexibility index (Phi) is 4.26. The van der Waals surface area contributed by atoms with Crippen LogP contribution in [-0.2, 0) is 35.0 Å². The molecule has 9 heteroatoms. The van der Waals surface area contributed by atoms with Gasteiger partial charge in [0.05, 0.1) is 6.33 Å². The number of ether oxygens (including phenoxy) is 1. The molecule has 0 saturated carbocycles. The monoisotopic (exact) mass is 339 g/mol. The van der Waals surface area contributed by atoms with Crippen LogP contribution in [0.2, 0.25) is 0 Å². The molecule has 0 unspecified atom stereocenters. The molecule has 23 heavy (non-hydrogen) atoms. The van der Waals surface area contributed by atoms with E-state index >= 15 is 0 Å². The lowest BCUT2D eigenvalue weighted by molar-refractivity contribution is 0.156. The van der Waals surface area contributed by atoms with E-state index in [2.05, 4.69) is 14.5 Å². The van der Waals surface area contributed by atoms with Crippen molar-refractivity contribution in [2.45, 2.75) is 25.1 Å². The van der Waals surface area contributed by atoms with E-state index in [9.17, 15) is 8.42 Å². The van der Waals surface area contributed by atoms with Gasteiger partial charge in [0.2, 0.25) is 0 Å². The Labute approximate surface area is 135 Å². The first-order valence-corrected chi connectivity index (χ1v) is 8.84. The first-order chi connectivity index (χ1) is 10.9. The van der Waals surface area contributed by atoms with Crippen molar-refractivity contribution in [3.05, 3.63) is 30.2 Å². The standard InChI is InChI=1S/C14H21N5O3S/c1-11-4-15-13(9-22-3)19(11)7-12-5-18(6-12)23(20,21)14-8-17(2)10-16-14/h4,8,10,12H,5-7,9H2,1-3H3. The summed E-state index contributed by atoms with van der Waals surface area (Å²) in [4.78, 5) is 8.27. The molecule has 0 radical (unpaired) electrons. The van der Waals surface area contributed by atoms with Gasteiger partial charge in [-0.15, -0.1) is 0 Å². The SMILES string of the molecule is COCc1ncc(C)n1CC1CN(S(=O)(=O)c2cn(C)cn2)C1. The van der Waals surface area contributed by atoms with Crippen molar-refractivity contribution in [3.8, 4) is 0 Å². The highest BCUT2D eigenvalue weighted by molar-refractivity contribution is 7.89. The minimum Gasteiger partial charge on any atom is -0.377 e. The van der Waals surface area contributed by atoms with Crippen molar-refractivity contribution in [1.82, 2.24) is 23.4 Å². The molecule has 1 saturated heterocycles. The van der Waals surface area contributed by atoms with Crippen molar-refractivity contribution in [2.24, 2.45) is 13.0 Å². The maximum Gasteiger partial charge on any atom is 0.262 e. The van der Waals surface area contributed by atoms with E-state index in [-0.39, 0.29) is 10.9 Å². The highest BCUT2D eigenvalue weighted by Gasteiger charge is 2.38. The van der Waals surface area contributed by atoms with Crippen LogP contribution in [0.5, 0.6) is 0 Å². The van der Waals surface area contributed by atoms with Crippen LogP contribution in [0.15, 0.2) is 23.7 Å². The number of aromatic nitrogens is 4. The highest BCUT2D eigenvalue weighted by atomic mass is 32.2. The lowest BCUT2D eigenvalue weighted by Gasteiger charge is -2.38. The Bertz CT molecular complexity index is 789. The third-order valence-corrected chi connectivity index (χ3v) is 5.78. The van der Waals surface area contributed by atoms with Gasteiger partial charge in [-0.3, -0.25) is 0 Å². The van der Waals surface area contributed by atoms with E-state index in [1.807, 2.05) is 13.1 Å². The van der Waals surface area contributed by atoms with Crippen molar-refractivity contribution in [1.29, 1.82) is 0 Å². The van der Waals surface area contributed by atoms with Gasteiger partial charge in [0, 0.05) is 57.8 Å². The van der Waals surface area contributed by atoms with E-state index in [1.165, 1.54) is 16.8 Å². The summed E-state index contributed by atoms with van der Waals surface area (Å²) in [6.07, 6.45) is 4.84. The molecule has 1 fully saturated rings. The molecule has 126 valence electrons. The van der Waals surface area contributed by atoms with Gasteiger partial charge in [0.15, 0.2) is 5.03 Å². The molecular formula is C14H21N5O3S. The average Bonchev–Trinajstić information content (AvgIpc) is 3.02. The van der Waals surface area contributed by atoms with Gasteiger partial charge in [0.1, 0.15) is 12.4 Å². The Balaban J connectivity index is 1.65. The molecule has 0 N–H and O–H groups in total. The predicted molar refractivity (Wildman–Crippen MR) is 83.1 cm³/mol. The van der Waals surface area contributed by atoms with Gasteiger partial charge in [-0.05, 0) is 6.92 Å². The summed E-state index contributed by atoms with van der Waals surface area (Å²) in [6, 6.07) is 0. The van der Waals surface area contributed by atoms with Crippen LogP contribution >= 0.6 is 0 Å². The van der Waals surface area contributed by atoms with Gasteiger partial charge >= 0.3 is 0 Å². The number of hydrogen-bond acceptors (Lipinski definition) is 5. The Morgan fingerprint density at radius 2 is 2.09 bits per heavy atom. The zero-order valence-electron chi connectivity index (χ0n) is 13.5. The molecule has 0 atom stereocenters. The van der Waals surface area contributed by atoms with Gasteiger partial charge in [-0.1, -0.05) is 0 Å². The van der Waals surface area contributed by atoms with Crippen molar-refractivity contribution in [2.75, 3.05) is 20.2 Å². The minimum absolute atomic E-state index is 0.109. The zero-order valence-corrected chi connectivity index (χ0v) is 14.3. The molecule has 0 aromatic carbocycles. The first-order valence-electron chi connectivity index (χ1n) is 7.40. The highest BCUT2D eigenvalue weighted by Crippen LogP contribution is 2.26. The Morgan fingerprint density at radius 1 is 1.35 bits per heavy atom. The van der Waals surface area contributed by atoms with E-state index in [4.69, 9.17) is 4.74 Å². The van der Waals surface area contributed by atoms with E-state index in [0.717, 1.165) is 18.1 Å². The summed E-state index contributed by atoms with van der Waals surface area (Å²) in [7, 11) is -0.0801. The average molecular weight is 339 g/mol. The number of nitrogens with zero attached hydrogens (tertiary/aromatic N) is 5. The molecule has 3 rings (SSSR count). The fraction of sp³-hybridized carbons (Fsp3) is 0.571. The predicted octanol–water partition coefficient (Wildman–Crippen LogP) is 0.392. The lowest BCUT2D eigenvalue weighted by Crippen LogP contribution is -2.51. The van der Waals surface area contributed by atoms with Gasteiger partial charge < -0.3 is 13.9 Å². The summed E-state index contributed by atoms with van der Waals surface area (Å²) in [5.74, 6) is 1.15. The van der Waals surface area contributed by atoms with Crippen molar-refractivity contribution >= 4 is 10.0 Å². The molecule has 0 amide bonds. The number of aryl methyl sites for hydroxylation is 2. The maximum absolute atomic E-state index is 12.4. The Morgan fingerprint density at radius 3 is 2.70 bits per heavy atom. The van der Waals surface area contributed by atoms with Gasteiger partial charge in [-0.2, -0.15) is 4.31 Å². The molecule has 0 bridgehead atoms. The summed E-state index contributed by atoms with van der Waals surface area (Å²) >= 11 is 0. The molecule has 0 spiro atoms. The summed E-state index contributed by atoms with van der Waals surface area (Å²) in [6.45, 7) is 4.20. The second-order valence-corrected chi connectivity index (χ2v) is 7.81. The van der Waals surface area contributed by atoms with Gasteiger partial charge in [-0.25, -0.2) is 18.4 Å². The molecule has 8 nitrogen and oxygen atoms in total. The van der Waals surface area contributed by atoms with Crippen LogP contribution in [0.1, 0.15) is 11.5 Å². The Hall–Kier alpha value is -1.71. The molecule has 1 aliphatic heterocycles. The smallest absolute Gasteiger partial charge is 0.262 e. The summed E-state index contributed by atoms with van der Waals surface area (Å²) in [5.41, 5.74) is 1.06. The van der Waals surface area contributed by atoms with E-state index in [0.29, 0.717) is 19.7 Å². The topological polar surface area (TPSA) is 82.3 Å². The molecule has 2 aromatic rings. The van der Waals surface area contributed by atoms with Crippen LogP contribution in [0.25, 0.3) is 0 Å². The second kappa shape index (κ2) is 6.06. The largest absolute Gasteiger partial charge is 0.377 e. The minimum atomic E-state index is -3.47. The third-order valence-electron chi connectivity index (χ3n) is 4.06. The van der Waals surface area contributed by atoms with Crippen LogP contribution in [0, 0.1) is 12.8 Å². The van der Waals surface area contributed by atoms with E-state index in [1.54, 1.807) is 18.7 Å². The zero-order chi connectivity index (χ0) is 16.6. The van der Waals surface area contributed by atoms with Gasteiger partial charge in [0.25, 0.3) is 10.0 Å². The third kappa shape index (κ3) is 3.04. The number of imidazole rings is 2. The molecular weight excluding hydrogens is 318 g/mol. The van der Waals surface area contributed by atoms with Crippen molar-refractivity contribution < 1.29 is 13.2 Å². The molecule has 2 aromatic heterocycles. The van der Waals surface area contributed by atoms with Crippen LogP contribution in [0.3, 0.4) is 0 Å². The first kappa shape index (κ1) is 16.2. The maximum atomic E-state index is 12.4. The number of hydrogen-bond donors (Lipinski definition) is 0. The molecule has 3 heterocycles. The van der Waals surface area contributed by atoms with Crippen LogP contribution in [-0.4, -0.2) is 52.0 Å². The van der Waals surface area contributed by atoms with Crippen LogP contribution < -0.4 is 0 Å². The number of sulfonamides is 1. The van der Waals surface area contributed by atoms with Crippen molar-refractivity contribution in [3.63, 3.8) is 0 Å². The van der Waals surface area contributed by atoms with E-state index < -0.39 is 10.0 Å².